The number of para-hydroxylation sites is 1. The molecule has 2 heterocycles. The Bertz CT molecular complexity index is 739. The molecule has 2 aromatic heterocycles. The predicted molar refractivity (Wildman–Crippen MR) is 79.7 cm³/mol. The van der Waals surface area contributed by atoms with Gasteiger partial charge in [0.05, 0.1) is 29.7 Å². The van der Waals surface area contributed by atoms with Crippen molar-refractivity contribution in [3.8, 4) is 17.1 Å². The Hall–Kier alpha value is -2.73. The van der Waals surface area contributed by atoms with Crippen molar-refractivity contribution in [3.63, 3.8) is 0 Å². The minimum absolute atomic E-state index is 0.395. The lowest BCUT2D eigenvalue weighted by atomic mass is 10.3. The lowest BCUT2D eigenvalue weighted by Crippen LogP contribution is -2.01. The molecule has 0 atom stereocenters. The SMILES string of the molecule is COCc1cc(N)nc(-c2cnn(-c3ccccc3)c2)n1. The Labute approximate surface area is 122 Å². The second-order valence-corrected chi connectivity index (χ2v) is 4.55. The van der Waals surface area contributed by atoms with Gasteiger partial charge in [-0.15, -0.1) is 0 Å². The molecule has 0 fully saturated rings. The highest BCUT2D eigenvalue weighted by atomic mass is 16.5. The summed E-state index contributed by atoms with van der Waals surface area (Å²) < 4.78 is 6.86. The zero-order chi connectivity index (χ0) is 14.7. The van der Waals surface area contributed by atoms with Gasteiger partial charge >= 0.3 is 0 Å². The smallest absolute Gasteiger partial charge is 0.165 e. The molecule has 21 heavy (non-hydrogen) atoms. The number of nitrogens with two attached hydrogens (primary N) is 1. The summed E-state index contributed by atoms with van der Waals surface area (Å²) in [5, 5.41) is 4.33. The summed E-state index contributed by atoms with van der Waals surface area (Å²) >= 11 is 0. The first-order chi connectivity index (χ1) is 10.3. The van der Waals surface area contributed by atoms with Crippen LogP contribution in [-0.2, 0) is 11.3 Å². The molecule has 3 aromatic rings. The van der Waals surface area contributed by atoms with E-state index in [0.29, 0.717) is 18.2 Å². The van der Waals surface area contributed by atoms with Gasteiger partial charge in [0, 0.05) is 19.4 Å². The number of hydrogen-bond acceptors (Lipinski definition) is 5. The van der Waals surface area contributed by atoms with Crippen LogP contribution in [0.2, 0.25) is 0 Å². The van der Waals surface area contributed by atoms with E-state index in [4.69, 9.17) is 10.5 Å². The molecule has 0 amide bonds. The molecule has 3 rings (SSSR count). The normalized spacial score (nSPS) is 10.7. The van der Waals surface area contributed by atoms with Gasteiger partial charge in [-0.2, -0.15) is 5.10 Å². The molecule has 6 heteroatoms. The van der Waals surface area contributed by atoms with Crippen molar-refractivity contribution in [2.24, 2.45) is 0 Å². The second kappa shape index (κ2) is 5.72. The van der Waals surface area contributed by atoms with E-state index in [2.05, 4.69) is 15.1 Å². The largest absolute Gasteiger partial charge is 0.384 e. The summed E-state index contributed by atoms with van der Waals surface area (Å²) in [5.41, 5.74) is 8.34. The first kappa shape index (κ1) is 13.3. The maximum Gasteiger partial charge on any atom is 0.165 e. The van der Waals surface area contributed by atoms with E-state index in [-0.39, 0.29) is 0 Å². The summed E-state index contributed by atoms with van der Waals surface area (Å²) in [5.74, 6) is 0.962. The van der Waals surface area contributed by atoms with E-state index in [0.717, 1.165) is 16.9 Å². The zero-order valence-electron chi connectivity index (χ0n) is 11.6. The van der Waals surface area contributed by atoms with E-state index in [9.17, 15) is 0 Å². The first-order valence-electron chi connectivity index (χ1n) is 6.49. The van der Waals surface area contributed by atoms with E-state index in [1.165, 1.54) is 0 Å². The molecule has 0 unspecified atom stereocenters. The van der Waals surface area contributed by atoms with Gasteiger partial charge in [-0.25, -0.2) is 14.6 Å². The highest BCUT2D eigenvalue weighted by molar-refractivity contribution is 5.55. The van der Waals surface area contributed by atoms with Crippen molar-refractivity contribution >= 4 is 5.82 Å². The molecule has 1 aromatic carbocycles. The quantitative estimate of drug-likeness (QED) is 0.792. The standard InChI is InChI=1S/C15H15N5O/c1-21-10-12-7-14(16)19-15(18-12)11-8-17-20(9-11)13-5-3-2-4-6-13/h2-9H,10H2,1H3,(H2,16,18,19). The van der Waals surface area contributed by atoms with E-state index in [1.54, 1.807) is 24.1 Å². The van der Waals surface area contributed by atoms with Crippen molar-refractivity contribution in [1.82, 2.24) is 19.7 Å². The zero-order valence-corrected chi connectivity index (χ0v) is 11.6. The van der Waals surface area contributed by atoms with Crippen LogP contribution in [0, 0.1) is 0 Å². The molecule has 0 radical (unpaired) electrons. The van der Waals surface area contributed by atoms with Gasteiger partial charge in [0.1, 0.15) is 5.82 Å². The fourth-order valence-electron chi connectivity index (χ4n) is 2.03. The third-order valence-electron chi connectivity index (χ3n) is 2.95. The molecule has 0 aliphatic heterocycles. The highest BCUT2D eigenvalue weighted by Crippen LogP contribution is 2.18. The van der Waals surface area contributed by atoms with Gasteiger partial charge < -0.3 is 10.5 Å². The second-order valence-electron chi connectivity index (χ2n) is 4.55. The maximum atomic E-state index is 5.81. The predicted octanol–water partition coefficient (Wildman–Crippen LogP) is 2.06. The Morgan fingerprint density at radius 3 is 2.76 bits per heavy atom. The number of aromatic nitrogens is 4. The lowest BCUT2D eigenvalue weighted by Gasteiger charge is -2.03. The van der Waals surface area contributed by atoms with Crippen LogP contribution in [0.15, 0.2) is 48.8 Å². The van der Waals surface area contributed by atoms with Gasteiger partial charge in [0.25, 0.3) is 0 Å². The van der Waals surface area contributed by atoms with Crippen molar-refractivity contribution < 1.29 is 4.74 Å². The molecule has 2 N–H and O–H groups in total. The van der Waals surface area contributed by atoms with Crippen LogP contribution >= 0.6 is 0 Å². The Morgan fingerprint density at radius 2 is 2.00 bits per heavy atom. The third kappa shape index (κ3) is 2.90. The number of rotatable bonds is 4. The molecular formula is C15H15N5O. The van der Waals surface area contributed by atoms with Gasteiger partial charge in [-0.05, 0) is 12.1 Å². The maximum absolute atomic E-state index is 5.81. The summed E-state index contributed by atoms with van der Waals surface area (Å²) in [7, 11) is 1.62. The Kier molecular flexibility index (Phi) is 3.61. The lowest BCUT2D eigenvalue weighted by molar-refractivity contribution is 0.181. The van der Waals surface area contributed by atoms with Gasteiger partial charge in [0.2, 0.25) is 0 Å². The summed E-state index contributed by atoms with van der Waals surface area (Å²) in [6.45, 7) is 0.395. The van der Waals surface area contributed by atoms with Crippen LogP contribution in [0.4, 0.5) is 5.82 Å². The fraction of sp³-hybridized carbons (Fsp3) is 0.133. The number of hydrogen-bond donors (Lipinski definition) is 1. The fourth-order valence-corrected chi connectivity index (χ4v) is 2.03. The number of nitrogens with zero attached hydrogens (tertiary/aromatic N) is 4. The highest BCUT2D eigenvalue weighted by Gasteiger charge is 2.08. The van der Waals surface area contributed by atoms with Crippen LogP contribution < -0.4 is 5.73 Å². The molecular weight excluding hydrogens is 266 g/mol. The summed E-state index contributed by atoms with van der Waals surface area (Å²) in [6, 6.07) is 11.6. The number of ether oxygens (including phenoxy) is 1. The molecule has 0 saturated carbocycles. The number of benzene rings is 1. The van der Waals surface area contributed by atoms with Crippen LogP contribution in [0.1, 0.15) is 5.69 Å². The topological polar surface area (TPSA) is 78.9 Å². The summed E-state index contributed by atoms with van der Waals surface area (Å²) in [6.07, 6.45) is 3.60. The number of methoxy groups -OCH3 is 1. The minimum Gasteiger partial charge on any atom is -0.384 e. The average molecular weight is 281 g/mol. The molecule has 106 valence electrons. The Morgan fingerprint density at radius 1 is 1.19 bits per heavy atom. The van der Waals surface area contributed by atoms with Crippen LogP contribution in [-0.4, -0.2) is 26.9 Å². The summed E-state index contributed by atoms with van der Waals surface area (Å²) in [4.78, 5) is 8.68. The molecule has 6 nitrogen and oxygen atoms in total. The number of anilines is 1. The molecule has 0 aliphatic rings. The molecule has 0 bridgehead atoms. The van der Waals surface area contributed by atoms with Crippen molar-refractivity contribution in [2.45, 2.75) is 6.61 Å². The van der Waals surface area contributed by atoms with Crippen LogP contribution in [0.5, 0.6) is 0 Å². The van der Waals surface area contributed by atoms with Gasteiger partial charge in [-0.1, -0.05) is 18.2 Å². The molecule has 0 saturated heterocycles. The van der Waals surface area contributed by atoms with Crippen LogP contribution in [0.25, 0.3) is 17.1 Å². The minimum atomic E-state index is 0.395. The van der Waals surface area contributed by atoms with Gasteiger partial charge in [-0.3, -0.25) is 0 Å². The molecule has 0 spiro atoms. The van der Waals surface area contributed by atoms with Gasteiger partial charge in [0.15, 0.2) is 5.82 Å². The average Bonchev–Trinajstić information content (AvgIpc) is 2.98. The van der Waals surface area contributed by atoms with Crippen molar-refractivity contribution in [1.29, 1.82) is 0 Å². The van der Waals surface area contributed by atoms with Crippen molar-refractivity contribution in [3.05, 3.63) is 54.5 Å². The van der Waals surface area contributed by atoms with Crippen molar-refractivity contribution in [2.75, 3.05) is 12.8 Å². The van der Waals surface area contributed by atoms with E-state index >= 15 is 0 Å². The molecule has 0 aliphatic carbocycles. The van der Waals surface area contributed by atoms with Crippen LogP contribution in [0.3, 0.4) is 0 Å². The number of nitrogen functional groups attached to an aromatic ring is 1. The van der Waals surface area contributed by atoms with E-state index < -0.39 is 0 Å². The Balaban J connectivity index is 1.96. The first-order valence-corrected chi connectivity index (χ1v) is 6.49. The van der Waals surface area contributed by atoms with E-state index in [1.807, 2.05) is 36.5 Å². The third-order valence-corrected chi connectivity index (χ3v) is 2.95. The monoisotopic (exact) mass is 281 g/mol.